The van der Waals surface area contributed by atoms with Crippen LogP contribution in [0.4, 0.5) is 0 Å². The zero-order valence-electron chi connectivity index (χ0n) is 10.5. The number of thioether (sulfide) groups is 1. The van der Waals surface area contributed by atoms with Gasteiger partial charge >= 0.3 is 0 Å². The van der Waals surface area contributed by atoms with E-state index in [-0.39, 0.29) is 11.2 Å². The summed E-state index contributed by atoms with van der Waals surface area (Å²) in [6.45, 7) is 2.34. The van der Waals surface area contributed by atoms with Crippen molar-refractivity contribution in [3.05, 3.63) is 48.5 Å². The van der Waals surface area contributed by atoms with Crippen LogP contribution in [0.15, 0.2) is 48.1 Å². The molecule has 0 bridgehead atoms. The third kappa shape index (κ3) is 4.33. The fourth-order valence-electron chi connectivity index (χ4n) is 1.39. The van der Waals surface area contributed by atoms with Crippen molar-refractivity contribution in [1.29, 1.82) is 0 Å². The van der Waals surface area contributed by atoms with Crippen LogP contribution in [0.25, 0.3) is 0 Å². The average Bonchev–Trinajstić information content (AvgIpc) is 2.47. The molecule has 19 heavy (non-hydrogen) atoms. The van der Waals surface area contributed by atoms with Crippen molar-refractivity contribution in [2.24, 2.45) is 0 Å². The van der Waals surface area contributed by atoms with Gasteiger partial charge in [-0.25, -0.2) is 9.97 Å². The van der Waals surface area contributed by atoms with Gasteiger partial charge in [-0.1, -0.05) is 11.8 Å². The molecule has 1 N–H and O–H groups in total. The van der Waals surface area contributed by atoms with Crippen molar-refractivity contribution in [2.75, 3.05) is 0 Å². The summed E-state index contributed by atoms with van der Waals surface area (Å²) in [6, 6.07) is 5.50. The van der Waals surface area contributed by atoms with Gasteiger partial charge in [-0.3, -0.25) is 9.78 Å². The highest BCUT2D eigenvalue weighted by molar-refractivity contribution is 8.00. The molecule has 0 radical (unpaired) electrons. The second-order valence-electron chi connectivity index (χ2n) is 3.86. The summed E-state index contributed by atoms with van der Waals surface area (Å²) >= 11 is 1.34. The van der Waals surface area contributed by atoms with E-state index in [1.54, 1.807) is 30.9 Å². The number of nitrogens with one attached hydrogen (secondary N) is 1. The van der Waals surface area contributed by atoms with Gasteiger partial charge in [-0.05, 0) is 30.7 Å². The number of pyridine rings is 1. The van der Waals surface area contributed by atoms with Crippen LogP contribution < -0.4 is 5.32 Å². The summed E-state index contributed by atoms with van der Waals surface area (Å²) in [6.07, 6.45) is 6.74. The van der Waals surface area contributed by atoms with Crippen LogP contribution >= 0.6 is 11.8 Å². The van der Waals surface area contributed by atoms with Crippen LogP contribution in [0.1, 0.15) is 12.5 Å². The predicted molar refractivity (Wildman–Crippen MR) is 73.4 cm³/mol. The molecule has 98 valence electrons. The number of hydrogen-bond donors (Lipinski definition) is 1. The Balaban J connectivity index is 1.83. The summed E-state index contributed by atoms with van der Waals surface area (Å²) in [5.74, 6) is -0.0331. The third-order valence-electron chi connectivity index (χ3n) is 2.41. The van der Waals surface area contributed by atoms with Crippen molar-refractivity contribution in [1.82, 2.24) is 20.3 Å². The molecule has 2 rings (SSSR count). The minimum Gasteiger partial charge on any atom is -0.351 e. The minimum absolute atomic E-state index is 0.0331. The van der Waals surface area contributed by atoms with Gasteiger partial charge in [0.15, 0.2) is 5.16 Å². The number of aromatic nitrogens is 3. The molecule has 0 saturated carbocycles. The number of rotatable bonds is 5. The fourth-order valence-corrected chi connectivity index (χ4v) is 2.14. The van der Waals surface area contributed by atoms with E-state index in [1.807, 2.05) is 19.1 Å². The van der Waals surface area contributed by atoms with E-state index in [2.05, 4.69) is 20.3 Å². The molecule has 2 heterocycles. The fraction of sp³-hybridized carbons (Fsp3) is 0.231. The Hall–Kier alpha value is -1.95. The Morgan fingerprint density at radius 1 is 1.26 bits per heavy atom. The zero-order chi connectivity index (χ0) is 13.5. The second kappa shape index (κ2) is 6.84. The van der Waals surface area contributed by atoms with E-state index >= 15 is 0 Å². The first-order chi connectivity index (χ1) is 9.25. The van der Waals surface area contributed by atoms with Crippen molar-refractivity contribution in [3.63, 3.8) is 0 Å². The number of amides is 1. The maximum Gasteiger partial charge on any atom is 0.233 e. The molecule has 6 heteroatoms. The maximum atomic E-state index is 11.9. The molecule has 0 saturated heterocycles. The molecule has 0 fully saturated rings. The van der Waals surface area contributed by atoms with Crippen LogP contribution in [-0.2, 0) is 11.3 Å². The maximum absolute atomic E-state index is 11.9. The smallest absolute Gasteiger partial charge is 0.233 e. The lowest BCUT2D eigenvalue weighted by molar-refractivity contribution is -0.120. The highest BCUT2D eigenvalue weighted by Gasteiger charge is 2.15. The van der Waals surface area contributed by atoms with Gasteiger partial charge in [0.2, 0.25) is 5.91 Å². The predicted octanol–water partition coefficient (Wildman–Crippen LogP) is 1.67. The van der Waals surface area contributed by atoms with Gasteiger partial charge < -0.3 is 5.32 Å². The Labute approximate surface area is 115 Å². The first-order valence-electron chi connectivity index (χ1n) is 5.86. The van der Waals surface area contributed by atoms with Gasteiger partial charge in [0.1, 0.15) is 0 Å². The normalized spacial score (nSPS) is 11.8. The summed E-state index contributed by atoms with van der Waals surface area (Å²) in [5, 5.41) is 3.25. The highest BCUT2D eigenvalue weighted by atomic mass is 32.2. The van der Waals surface area contributed by atoms with Crippen molar-refractivity contribution in [2.45, 2.75) is 23.9 Å². The van der Waals surface area contributed by atoms with Gasteiger partial charge in [0.05, 0.1) is 5.25 Å². The molecular weight excluding hydrogens is 260 g/mol. The van der Waals surface area contributed by atoms with Crippen molar-refractivity contribution < 1.29 is 4.79 Å². The molecule has 1 unspecified atom stereocenters. The molecule has 0 aliphatic rings. The average molecular weight is 274 g/mol. The minimum atomic E-state index is -0.232. The largest absolute Gasteiger partial charge is 0.351 e. The molecule has 5 nitrogen and oxygen atoms in total. The lowest BCUT2D eigenvalue weighted by atomic mass is 10.2. The van der Waals surface area contributed by atoms with Gasteiger partial charge in [-0.2, -0.15) is 0 Å². The number of carbonyl (C=O) groups is 1. The molecule has 0 spiro atoms. The summed E-state index contributed by atoms with van der Waals surface area (Å²) in [4.78, 5) is 24.0. The lowest BCUT2D eigenvalue weighted by Crippen LogP contribution is -2.30. The van der Waals surface area contributed by atoms with E-state index in [9.17, 15) is 4.79 Å². The number of carbonyl (C=O) groups excluding carboxylic acids is 1. The van der Waals surface area contributed by atoms with E-state index < -0.39 is 0 Å². The van der Waals surface area contributed by atoms with Crippen molar-refractivity contribution in [3.8, 4) is 0 Å². The van der Waals surface area contributed by atoms with Crippen LogP contribution in [-0.4, -0.2) is 26.1 Å². The van der Waals surface area contributed by atoms with Gasteiger partial charge in [-0.15, -0.1) is 0 Å². The lowest BCUT2D eigenvalue weighted by Gasteiger charge is -2.10. The van der Waals surface area contributed by atoms with Gasteiger partial charge in [0, 0.05) is 31.3 Å². The zero-order valence-corrected chi connectivity index (χ0v) is 11.3. The van der Waals surface area contributed by atoms with E-state index in [0.29, 0.717) is 11.7 Å². The molecular formula is C13H14N4OS. The topological polar surface area (TPSA) is 67.8 Å². The molecule has 1 atom stereocenters. The Kier molecular flexibility index (Phi) is 4.85. The van der Waals surface area contributed by atoms with Crippen LogP contribution in [0, 0.1) is 0 Å². The molecule has 0 aliphatic heterocycles. The highest BCUT2D eigenvalue weighted by Crippen LogP contribution is 2.18. The monoisotopic (exact) mass is 274 g/mol. The summed E-state index contributed by atoms with van der Waals surface area (Å²) in [5.41, 5.74) is 1.02. The molecule has 2 aromatic heterocycles. The molecule has 1 amide bonds. The summed E-state index contributed by atoms with van der Waals surface area (Å²) in [7, 11) is 0. The third-order valence-corrected chi connectivity index (χ3v) is 3.40. The Morgan fingerprint density at radius 3 is 2.63 bits per heavy atom. The molecule has 0 aliphatic carbocycles. The van der Waals surface area contributed by atoms with Crippen LogP contribution in [0.2, 0.25) is 0 Å². The Bertz CT molecular complexity index is 521. The summed E-state index contributed by atoms with van der Waals surface area (Å²) < 4.78 is 0. The van der Waals surface area contributed by atoms with E-state index in [4.69, 9.17) is 0 Å². The second-order valence-corrected chi connectivity index (χ2v) is 5.17. The van der Waals surface area contributed by atoms with E-state index in [1.165, 1.54) is 11.8 Å². The van der Waals surface area contributed by atoms with E-state index in [0.717, 1.165) is 5.56 Å². The quantitative estimate of drug-likeness (QED) is 0.663. The standard InChI is InChI=1S/C13H14N4OS/c1-10(19-13-15-5-2-6-16-13)12(18)17-9-11-3-7-14-8-4-11/h2-8,10H,9H2,1H3,(H,17,18). The SMILES string of the molecule is CC(Sc1ncccn1)C(=O)NCc1ccncc1. The van der Waals surface area contributed by atoms with Crippen LogP contribution in [0.3, 0.4) is 0 Å². The first kappa shape index (κ1) is 13.5. The van der Waals surface area contributed by atoms with Crippen molar-refractivity contribution >= 4 is 17.7 Å². The first-order valence-corrected chi connectivity index (χ1v) is 6.74. The Morgan fingerprint density at radius 2 is 1.95 bits per heavy atom. The molecule has 2 aromatic rings. The van der Waals surface area contributed by atoms with Crippen LogP contribution in [0.5, 0.6) is 0 Å². The van der Waals surface area contributed by atoms with Gasteiger partial charge in [0.25, 0.3) is 0 Å². The molecule has 0 aromatic carbocycles. The number of hydrogen-bond acceptors (Lipinski definition) is 5. The number of nitrogens with zero attached hydrogens (tertiary/aromatic N) is 3.